The van der Waals surface area contributed by atoms with Crippen LogP contribution in [0, 0.1) is 0 Å². The fourth-order valence-corrected chi connectivity index (χ4v) is 3.43. The van der Waals surface area contributed by atoms with E-state index in [9.17, 15) is 10.2 Å². The van der Waals surface area contributed by atoms with E-state index in [4.69, 9.17) is 0 Å². The van der Waals surface area contributed by atoms with Crippen molar-refractivity contribution in [1.29, 1.82) is 0 Å². The van der Waals surface area contributed by atoms with Gasteiger partial charge in [0.25, 0.3) is 0 Å². The number of nitrogens with zero attached hydrogens (tertiary/aromatic N) is 2. The molecular weight excluding hydrogens is 312 g/mol. The van der Waals surface area contributed by atoms with E-state index >= 15 is 0 Å². The quantitative estimate of drug-likeness (QED) is 0.847. The normalized spacial score (nSPS) is 17.4. The molecule has 0 aliphatic carbocycles. The van der Waals surface area contributed by atoms with Gasteiger partial charge in [-0.1, -0.05) is 30.3 Å². The van der Waals surface area contributed by atoms with Crippen LogP contribution < -0.4 is 4.90 Å². The summed E-state index contributed by atoms with van der Waals surface area (Å²) in [6.07, 6.45) is 2.41. The molecule has 0 amide bonds. The fourth-order valence-electron chi connectivity index (χ4n) is 3.43. The molecule has 4 heteroatoms. The zero-order valence-corrected chi connectivity index (χ0v) is 14.9. The summed E-state index contributed by atoms with van der Waals surface area (Å²) in [7, 11) is 2.03. The molecule has 0 aromatic heterocycles. The molecule has 0 saturated carbocycles. The van der Waals surface area contributed by atoms with Crippen LogP contribution in [0.25, 0.3) is 0 Å². The smallest absolute Gasteiger partial charge is 0.115 e. The Morgan fingerprint density at radius 2 is 1.64 bits per heavy atom. The number of aliphatic hydroxyl groups is 1. The number of phenolic OH excluding ortho intramolecular Hbond substituents is 1. The number of phenols is 1. The van der Waals surface area contributed by atoms with Gasteiger partial charge in [0.15, 0.2) is 0 Å². The summed E-state index contributed by atoms with van der Waals surface area (Å²) in [5.41, 5.74) is 1.82. The second-order valence-corrected chi connectivity index (χ2v) is 7.17. The lowest BCUT2D eigenvalue weighted by Gasteiger charge is -2.39. The Bertz CT molecular complexity index is 649. The highest BCUT2D eigenvalue weighted by Crippen LogP contribution is 2.27. The number of benzene rings is 2. The summed E-state index contributed by atoms with van der Waals surface area (Å²) in [6.45, 7) is 3.65. The molecule has 2 aromatic rings. The summed E-state index contributed by atoms with van der Waals surface area (Å²) in [5, 5.41) is 20.3. The van der Waals surface area contributed by atoms with Crippen molar-refractivity contribution >= 4 is 5.69 Å². The van der Waals surface area contributed by atoms with Gasteiger partial charge in [-0.25, -0.2) is 0 Å². The van der Waals surface area contributed by atoms with E-state index in [2.05, 4.69) is 34.1 Å². The van der Waals surface area contributed by atoms with E-state index in [0.29, 0.717) is 0 Å². The first-order valence-corrected chi connectivity index (χ1v) is 9.03. The molecule has 3 rings (SSSR count). The van der Waals surface area contributed by atoms with Gasteiger partial charge in [0, 0.05) is 38.9 Å². The zero-order valence-electron chi connectivity index (χ0n) is 14.9. The molecule has 1 heterocycles. The first kappa shape index (κ1) is 17.8. The predicted molar refractivity (Wildman–Crippen MR) is 102 cm³/mol. The van der Waals surface area contributed by atoms with Gasteiger partial charge in [-0.05, 0) is 49.1 Å². The molecule has 134 valence electrons. The van der Waals surface area contributed by atoms with Crippen LogP contribution in [0.3, 0.4) is 0 Å². The van der Waals surface area contributed by atoms with Crippen LogP contribution in [0.5, 0.6) is 5.75 Å². The lowest BCUT2D eigenvalue weighted by molar-refractivity contribution is -0.0275. The molecule has 4 nitrogen and oxygen atoms in total. The van der Waals surface area contributed by atoms with Crippen molar-refractivity contribution in [1.82, 2.24) is 4.90 Å². The minimum absolute atomic E-state index is 0.279. The molecule has 1 fully saturated rings. The van der Waals surface area contributed by atoms with E-state index in [1.165, 1.54) is 5.56 Å². The molecular formula is C21H28N2O2. The van der Waals surface area contributed by atoms with Crippen molar-refractivity contribution in [2.75, 3.05) is 31.6 Å². The monoisotopic (exact) mass is 340 g/mol. The van der Waals surface area contributed by atoms with Crippen LogP contribution in [-0.2, 0) is 6.54 Å². The molecule has 1 aliphatic heterocycles. The third-order valence-electron chi connectivity index (χ3n) is 5.24. The van der Waals surface area contributed by atoms with Crippen molar-refractivity contribution in [2.24, 2.45) is 0 Å². The van der Waals surface area contributed by atoms with Crippen molar-refractivity contribution in [2.45, 2.75) is 31.4 Å². The Morgan fingerprint density at radius 3 is 2.28 bits per heavy atom. The van der Waals surface area contributed by atoms with Crippen LogP contribution in [0.2, 0.25) is 0 Å². The third-order valence-corrected chi connectivity index (χ3v) is 5.24. The van der Waals surface area contributed by atoms with Gasteiger partial charge in [0.1, 0.15) is 5.75 Å². The van der Waals surface area contributed by atoms with Gasteiger partial charge in [-0.3, -0.25) is 4.90 Å². The maximum atomic E-state index is 10.9. The summed E-state index contributed by atoms with van der Waals surface area (Å²) in [5.74, 6) is 0.279. The lowest BCUT2D eigenvalue weighted by Crippen LogP contribution is -2.45. The van der Waals surface area contributed by atoms with E-state index < -0.39 is 5.60 Å². The van der Waals surface area contributed by atoms with Crippen LogP contribution in [0.15, 0.2) is 54.6 Å². The van der Waals surface area contributed by atoms with Crippen LogP contribution in [-0.4, -0.2) is 47.4 Å². The highest BCUT2D eigenvalue weighted by Gasteiger charge is 2.32. The van der Waals surface area contributed by atoms with Crippen molar-refractivity contribution < 1.29 is 10.2 Å². The van der Waals surface area contributed by atoms with Gasteiger partial charge >= 0.3 is 0 Å². The Morgan fingerprint density at radius 1 is 1.00 bits per heavy atom. The second-order valence-electron chi connectivity index (χ2n) is 7.17. The number of aromatic hydroxyl groups is 1. The van der Waals surface area contributed by atoms with E-state index in [0.717, 1.165) is 51.1 Å². The molecule has 0 spiro atoms. The number of likely N-dealkylation sites (tertiary alicyclic amines) is 1. The summed E-state index contributed by atoms with van der Waals surface area (Å²) >= 11 is 0. The molecule has 1 aliphatic rings. The number of rotatable bonds is 6. The molecule has 0 radical (unpaired) electrons. The minimum atomic E-state index is -0.571. The average molecular weight is 340 g/mol. The Balaban J connectivity index is 1.46. The molecule has 1 saturated heterocycles. The van der Waals surface area contributed by atoms with E-state index in [1.54, 1.807) is 12.1 Å². The topological polar surface area (TPSA) is 46.9 Å². The van der Waals surface area contributed by atoms with Gasteiger partial charge in [0.2, 0.25) is 0 Å². The fraction of sp³-hybridized carbons (Fsp3) is 0.429. The van der Waals surface area contributed by atoms with Gasteiger partial charge in [-0.2, -0.15) is 0 Å². The highest BCUT2D eigenvalue weighted by atomic mass is 16.3. The lowest BCUT2D eigenvalue weighted by atomic mass is 9.88. The number of hydrogen-bond donors (Lipinski definition) is 2. The average Bonchev–Trinajstić information content (AvgIpc) is 2.63. The molecule has 2 N–H and O–H groups in total. The summed E-state index contributed by atoms with van der Waals surface area (Å²) in [6, 6.07) is 17.7. The molecule has 0 atom stereocenters. The highest BCUT2D eigenvalue weighted by molar-refractivity contribution is 5.48. The van der Waals surface area contributed by atoms with Crippen LogP contribution >= 0.6 is 0 Å². The van der Waals surface area contributed by atoms with Crippen LogP contribution in [0.1, 0.15) is 24.8 Å². The largest absolute Gasteiger partial charge is 0.508 e. The van der Waals surface area contributed by atoms with Gasteiger partial charge < -0.3 is 15.1 Å². The number of hydrogen-bond acceptors (Lipinski definition) is 4. The molecule has 0 bridgehead atoms. The maximum Gasteiger partial charge on any atom is 0.115 e. The SMILES string of the molecule is CN(CCC1(O)CCN(Cc2ccccc2)CC1)c1ccc(O)cc1. The summed E-state index contributed by atoms with van der Waals surface area (Å²) in [4.78, 5) is 4.56. The van der Waals surface area contributed by atoms with Gasteiger partial charge in [-0.15, -0.1) is 0 Å². The predicted octanol–water partition coefficient (Wildman–Crippen LogP) is 3.25. The second kappa shape index (κ2) is 7.89. The summed E-state index contributed by atoms with van der Waals surface area (Å²) < 4.78 is 0. The third kappa shape index (κ3) is 4.97. The minimum Gasteiger partial charge on any atom is -0.508 e. The van der Waals surface area contributed by atoms with Crippen molar-refractivity contribution in [3.8, 4) is 5.75 Å². The first-order valence-electron chi connectivity index (χ1n) is 9.03. The zero-order chi connectivity index (χ0) is 17.7. The Labute approximate surface area is 150 Å². The standard InChI is InChI=1S/C21H28N2O2/c1-22(19-7-9-20(24)10-8-19)14-11-21(25)12-15-23(16-13-21)17-18-5-3-2-4-6-18/h2-10,24-25H,11-17H2,1H3. The first-order chi connectivity index (χ1) is 12.0. The molecule has 25 heavy (non-hydrogen) atoms. The number of piperidine rings is 1. The number of anilines is 1. The van der Waals surface area contributed by atoms with Crippen molar-refractivity contribution in [3.05, 3.63) is 60.2 Å². The Kier molecular flexibility index (Phi) is 5.61. The van der Waals surface area contributed by atoms with E-state index in [-0.39, 0.29) is 5.75 Å². The van der Waals surface area contributed by atoms with Gasteiger partial charge in [0.05, 0.1) is 5.60 Å². The molecule has 2 aromatic carbocycles. The van der Waals surface area contributed by atoms with Crippen molar-refractivity contribution in [3.63, 3.8) is 0 Å². The maximum absolute atomic E-state index is 10.9. The Hall–Kier alpha value is -2.04. The molecule has 0 unspecified atom stereocenters. The van der Waals surface area contributed by atoms with E-state index in [1.807, 2.05) is 25.2 Å². The van der Waals surface area contributed by atoms with Crippen LogP contribution in [0.4, 0.5) is 5.69 Å².